The molecule has 0 N–H and O–H groups in total. The Labute approximate surface area is 150 Å². The second kappa shape index (κ2) is 6.98. The molecule has 0 aliphatic carbocycles. The lowest BCUT2D eigenvalue weighted by Crippen LogP contribution is -2.44. The van der Waals surface area contributed by atoms with Crippen LogP contribution in [0, 0.1) is 5.41 Å². The van der Waals surface area contributed by atoms with E-state index >= 15 is 0 Å². The molecule has 134 valence electrons. The summed E-state index contributed by atoms with van der Waals surface area (Å²) in [7, 11) is 0. The number of carbonyl (C=O) groups excluding carboxylic acids is 1. The van der Waals surface area contributed by atoms with Gasteiger partial charge in [-0.1, -0.05) is 26.8 Å². The Hall–Kier alpha value is -2.17. The summed E-state index contributed by atoms with van der Waals surface area (Å²) in [4.78, 5) is 19.5. The fourth-order valence-corrected chi connectivity index (χ4v) is 3.50. The van der Waals surface area contributed by atoms with Gasteiger partial charge in [0.15, 0.2) is 0 Å². The minimum Gasteiger partial charge on any atom is -0.342 e. The minimum atomic E-state index is -0.329. The van der Waals surface area contributed by atoms with Crippen LogP contribution in [0.2, 0.25) is 0 Å². The molecule has 0 saturated carbocycles. The Bertz CT molecular complexity index is 744. The number of hydrogen-bond acceptors (Lipinski definition) is 3. The third kappa shape index (κ3) is 3.75. The SMILES string of the molecule is CCn1nccc1-c1cccc([C@@H]2CCCN(C(=O)C(C)(C)C)C2)n1. The zero-order chi connectivity index (χ0) is 18.0. The maximum Gasteiger partial charge on any atom is 0.227 e. The number of likely N-dealkylation sites (tertiary alicyclic amines) is 1. The third-order valence-electron chi connectivity index (χ3n) is 4.82. The van der Waals surface area contributed by atoms with E-state index in [-0.39, 0.29) is 11.3 Å². The Morgan fingerprint density at radius 3 is 2.80 bits per heavy atom. The van der Waals surface area contributed by atoms with E-state index in [1.54, 1.807) is 0 Å². The number of carbonyl (C=O) groups is 1. The van der Waals surface area contributed by atoms with E-state index in [4.69, 9.17) is 4.98 Å². The van der Waals surface area contributed by atoms with Gasteiger partial charge in [0.05, 0.1) is 11.4 Å². The first-order chi connectivity index (χ1) is 11.9. The van der Waals surface area contributed by atoms with Gasteiger partial charge in [-0.25, -0.2) is 0 Å². The maximum atomic E-state index is 12.6. The fraction of sp³-hybridized carbons (Fsp3) is 0.550. The van der Waals surface area contributed by atoms with Crippen LogP contribution in [0.1, 0.15) is 52.1 Å². The molecule has 0 radical (unpaired) electrons. The normalized spacial score (nSPS) is 18.4. The zero-order valence-corrected chi connectivity index (χ0v) is 15.7. The molecule has 25 heavy (non-hydrogen) atoms. The predicted molar refractivity (Wildman–Crippen MR) is 99.1 cm³/mol. The molecule has 0 spiro atoms. The Balaban J connectivity index is 1.82. The molecule has 0 aromatic carbocycles. The predicted octanol–water partition coefficient (Wildman–Crippen LogP) is 3.72. The highest BCUT2D eigenvalue weighted by molar-refractivity contribution is 5.81. The highest BCUT2D eigenvalue weighted by Crippen LogP contribution is 2.30. The van der Waals surface area contributed by atoms with Gasteiger partial charge in [0.2, 0.25) is 5.91 Å². The quantitative estimate of drug-likeness (QED) is 0.856. The summed E-state index contributed by atoms with van der Waals surface area (Å²) in [5.74, 6) is 0.537. The van der Waals surface area contributed by atoms with E-state index < -0.39 is 0 Å². The van der Waals surface area contributed by atoms with Crippen molar-refractivity contribution in [1.29, 1.82) is 0 Å². The van der Waals surface area contributed by atoms with Crippen molar-refractivity contribution in [2.24, 2.45) is 5.41 Å². The van der Waals surface area contributed by atoms with Gasteiger partial charge in [0, 0.05) is 42.9 Å². The van der Waals surface area contributed by atoms with E-state index in [1.807, 2.05) is 48.7 Å². The number of aryl methyl sites for hydroxylation is 1. The molecule has 1 saturated heterocycles. The van der Waals surface area contributed by atoms with Crippen LogP contribution >= 0.6 is 0 Å². The number of aromatic nitrogens is 3. The molecule has 0 unspecified atom stereocenters. The Morgan fingerprint density at radius 2 is 2.08 bits per heavy atom. The molecule has 0 bridgehead atoms. The summed E-state index contributed by atoms with van der Waals surface area (Å²) >= 11 is 0. The van der Waals surface area contributed by atoms with E-state index in [2.05, 4.69) is 24.2 Å². The monoisotopic (exact) mass is 340 g/mol. The standard InChI is InChI=1S/C20H28N4O/c1-5-24-18(11-12-21-24)17-10-6-9-16(22-17)15-8-7-13-23(14-15)19(25)20(2,3)4/h6,9-12,15H,5,7-8,13-14H2,1-4H3/t15-/m1/s1. The number of piperidine rings is 1. The molecule has 3 heterocycles. The second-order valence-corrected chi connectivity index (χ2v) is 7.82. The Kier molecular flexibility index (Phi) is 4.93. The van der Waals surface area contributed by atoms with Gasteiger partial charge in [-0.15, -0.1) is 0 Å². The lowest BCUT2D eigenvalue weighted by Gasteiger charge is -2.36. The van der Waals surface area contributed by atoms with Gasteiger partial charge in [-0.05, 0) is 38.0 Å². The molecule has 1 aliphatic heterocycles. The molecule has 1 aliphatic rings. The first-order valence-corrected chi connectivity index (χ1v) is 9.18. The first kappa shape index (κ1) is 17.6. The average molecular weight is 340 g/mol. The fourth-order valence-electron chi connectivity index (χ4n) is 3.50. The number of hydrogen-bond donors (Lipinski definition) is 0. The van der Waals surface area contributed by atoms with Crippen LogP contribution in [-0.2, 0) is 11.3 Å². The number of nitrogens with zero attached hydrogens (tertiary/aromatic N) is 4. The van der Waals surface area contributed by atoms with Crippen molar-refractivity contribution < 1.29 is 4.79 Å². The van der Waals surface area contributed by atoms with E-state index in [0.717, 1.165) is 49.6 Å². The number of pyridine rings is 1. The van der Waals surface area contributed by atoms with Crippen LogP contribution < -0.4 is 0 Å². The summed E-state index contributed by atoms with van der Waals surface area (Å²) in [5, 5.41) is 4.34. The number of rotatable bonds is 3. The van der Waals surface area contributed by atoms with Crippen LogP contribution in [0.5, 0.6) is 0 Å². The minimum absolute atomic E-state index is 0.234. The zero-order valence-electron chi connectivity index (χ0n) is 15.7. The molecule has 5 heteroatoms. The number of amides is 1. The maximum absolute atomic E-state index is 12.6. The molecular weight excluding hydrogens is 312 g/mol. The summed E-state index contributed by atoms with van der Waals surface area (Å²) in [5.41, 5.74) is 2.75. The molecule has 1 atom stereocenters. The summed E-state index contributed by atoms with van der Waals surface area (Å²) < 4.78 is 1.96. The summed E-state index contributed by atoms with van der Waals surface area (Å²) in [6.07, 6.45) is 3.93. The average Bonchev–Trinajstić information content (AvgIpc) is 3.09. The van der Waals surface area contributed by atoms with Crippen LogP contribution in [-0.4, -0.2) is 38.7 Å². The highest BCUT2D eigenvalue weighted by Gasteiger charge is 2.31. The van der Waals surface area contributed by atoms with Crippen molar-refractivity contribution in [3.8, 4) is 11.4 Å². The van der Waals surface area contributed by atoms with Crippen LogP contribution in [0.4, 0.5) is 0 Å². The summed E-state index contributed by atoms with van der Waals surface area (Å²) in [6.45, 7) is 10.5. The first-order valence-electron chi connectivity index (χ1n) is 9.18. The van der Waals surface area contributed by atoms with Gasteiger partial charge >= 0.3 is 0 Å². The highest BCUT2D eigenvalue weighted by atomic mass is 16.2. The summed E-state index contributed by atoms with van der Waals surface area (Å²) in [6, 6.07) is 8.20. The van der Waals surface area contributed by atoms with Crippen molar-refractivity contribution in [2.45, 2.75) is 53.0 Å². The van der Waals surface area contributed by atoms with Crippen LogP contribution in [0.25, 0.3) is 11.4 Å². The van der Waals surface area contributed by atoms with Crippen LogP contribution in [0.15, 0.2) is 30.5 Å². The Morgan fingerprint density at radius 1 is 1.28 bits per heavy atom. The topological polar surface area (TPSA) is 51.0 Å². The second-order valence-electron chi connectivity index (χ2n) is 7.82. The molecule has 3 rings (SSSR count). The molecule has 2 aromatic heterocycles. The molecule has 1 amide bonds. The third-order valence-corrected chi connectivity index (χ3v) is 4.82. The van der Waals surface area contributed by atoms with Crippen molar-refractivity contribution in [1.82, 2.24) is 19.7 Å². The molecule has 5 nitrogen and oxygen atoms in total. The van der Waals surface area contributed by atoms with Crippen molar-refractivity contribution in [3.63, 3.8) is 0 Å². The van der Waals surface area contributed by atoms with Gasteiger partial charge in [0.1, 0.15) is 0 Å². The lowest BCUT2D eigenvalue weighted by atomic mass is 9.89. The van der Waals surface area contributed by atoms with Crippen molar-refractivity contribution in [2.75, 3.05) is 13.1 Å². The molecule has 2 aromatic rings. The van der Waals surface area contributed by atoms with E-state index in [1.165, 1.54) is 0 Å². The van der Waals surface area contributed by atoms with E-state index in [9.17, 15) is 4.79 Å². The molecule has 1 fully saturated rings. The van der Waals surface area contributed by atoms with E-state index in [0.29, 0.717) is 5.92 Å². The van der Waals surface area contributed by atoms with Crippen LogP contribution in [0.3, 0.4) is 0 Å². The van der Waals surface area contributed by atoms with Gasteiger partial charge in [0.25, 0.3) is 0 Å². The molecular formula is C20H28N4O. The smallest absolute Gasteiger partial charge is 0.227 e. The van der Waals surface area contributed by atoms with Crippen molar-refractivity contribution >= 4 is 5.91 Å². The largest absolute Gasteiger partial charge is 0.342 e. The lowest BCUT2D eigenvalue weighted by molar-refractivity contribution is -0.140. The van der Waals surface area contributed by atoms with Gasteiger partial charge in [-0.2, -0.15) is 5.10 Å². The van der Waals surface area contributed by atoms with Gasteiger partial charge < -0.3 is 4.90 Å². The van der Waals surface area contributed by atoms with Crippen molar-refractivity contribution in [3.05, 3.63) is 36.2 Å². The van der Waals surface area contributed by atoms with Gasteiger partial charge in [-0.3, -0.25) is 14.5 Å².